The largest absolute Gasteiger partial charge is 0.480 e. The first kappa shape index (κ1) is 23.1. The van der Waals surface area contributed by atoms with E-state index in [9.17, 15) is 13.2 Å². The number of fused-ring (bicyclic) bond motifs is 9. The fourth-order valence-electron chi connectivity index (χ4n) is 4.17. The summed E-state index contributed by atoms with van der Waals surface area (Å²) in [5, 5.41) is 3.72. The van der Waals surface area contributed by atoms with Crippen molar-refractivity contribution < 1.29 is 17.9 Å². The molecular formula is C26H19N5O4S2. The number of pyridine rings is 1. The van der Waals surface area contributed by atoms with E-state index >= 15 is 0 Å². The molecule has 0 saturated carbocycles. The van der Waals surface area contributed by atoms with Gasteiger partial charge in [0.2, 0.25) is 5.88 Å². The van der Waals surface area contributed by atoms with Gasteiger partial charge in [-0.25, -0.2) is 23.4 Å². The third-order valence-electron chi connectivity index (χ3n) is 5.96. The fourth-order valence-corrected chi connectivity index (χ4v) is 6.25. The second kappa shape index (κ2) is 8.95. The van der Waals surface area contributed by atoms with E-state index in [2.05, 4.69) is 25.0 Å². The lowest BCUT2D eigenvalue weighted by molar-refractivity contribution is 0.0950. The van der Waals surface area contributed by atoms with E-state index in [0.717, 1.165) is 31.9 Å². The van der Waals surface area contributed by atoms with Gasteiger partial charge in [0.1, 0.15) is 16.8 Å². The summed E-state index contributed by atoms with van der Waals surface area (Å²) in [6, 6.07) is 17.3. The van der Waals surface area contributed by atoms with E-state index in [-0.39, 0.29) is 28.6 Å². The Morgan fingerprint density at radius 1 is 0.946 bits per heavy atom. The van der Waals surface area contributed by atoms with Crippen molar-refractivity contribution in [1.29, 1.82) is 0 Å². The van der Waals surface area contributed by atoms with Crippen LogP contribution in [-0.2, 0) is 16.6 Å². The Morgan fingerprint density at radius 3 is 2.65 bits per heavy atom. The molecule has 6 rings (SSSR count). The molecule has 0 saturated heterocycles. The number of ether oxygens (including phenoxy) is 1. The Morgan fingerprint density at radius 2 is 1.78 bits per heavy atom. The predicted molar refractivity (Wildman–Crippen MR) is 141 cm³/mol. The number of thiophene rings is 1. The van der Waals surface area contributed by atoms with E-state index in [0.29, 0.717) is 5.56 Å². The van der Waals surface area contributed by atoms with Gasteiger partial charge in [-0.2, -0.15) is 0 Å². The number of amides is 1. The molecule has 0 radical (unpaired) electrons. The summed E-state index contributed by atoms with van der Waals surface area (Å²) in [6.07, 6.45) is 3.14. The first-order chi connectivity index (χ1) is 17.9. The Labute approximate surface area is 216 Å². The molecule has 2 aromatic carbocycles. The highest BCUT2D eigenvalue weighted by molar-refractivity contribution is 7.92. The predicted octanol–water partition coefficient (Wildman–Crippen LogP) is 4.47. The Hall–Kier alpha value is -4.35. The van der Waals surface area contributed by atoms with Gasteiger partial charge in [0.05, 0.1) is 17.7 Å². The van der Waals surface area contributed by atoms with Gasteiger partial charge < -0.3 is 10.1 Å². The number of nitrogens with zero attached hydrogens (tertiary/aromatic N) is 3. The number of aromatic nitrogens is 3. The molecule has 0 atom stereocenters. The van der Waals surface area contributed by atoms with Crippen molar-refractivity contribution in [3.05, 3.63) is 84.3 Å². The molecule has 3 aromatic heterocycles. The van der Waals surface area contributed by atoms with Crippen LogP contribution in [0.1, 0.15) is 15.9 Å². The smallest absolute Gasteiger partial charge is 0.262 e. The highest BCUT2D eigenvalue weighted by Crippen LogP contribution is 2.38. The molecular weight excluding hydrogens is 510 g/mol. The summed E-state index contributed by atoms with van der Waals surface area (Å²) in [5.74, 6) is -0.272. The molecule has 11 heteroatoms. The quantitative estimate of drug-likeness (QED) is 0.328. The number of anilines is 1. The van der Waals surface area contributed by atoms with Crippen LogP contribution in [0.3, 0.4) is 0 Å². The minimum atomic E-state index is -4.05. The Kier molecular flexibility index (Phi) is 5.58. The van der Waals surface area contributed by atoms with Crippen LogP contribution < -0.4 is 14.8 Å². The van der Waals surface area contributed by atoms with Gasteiger partial charge in [0.15, 0.2) is 0 Å². The molecule has 1 aliphatic rings. The van der Waals surface area contributed by atoms with Crippen LogP contribution in [0.15, 0.2) is 78.1 Å². The summed E-state index contributed by atoms with van der Waals surface area (Å²) in [4.78, 5) is 27.8. The van der Waals surface area contributed by atoms with Crippen LogP contribution in [0.4, 0.5) is 5.69 Å². The molecule has 1 aliphatic heterocycles. The van der Waals surface area contributed by atoms with Crippen LogP contribution in [0.25, 0.3) is 31.9 Å². The van der Waals surface area contributed by atoms with Crippen molar-refractivity contribution in [1.82, 2.24) is 20.3 Å². The highest BCUT2D eigenvalue weighted by atomic mass is 32.2. The minimum Gasteiger partial charge on any atom is -0.480 e. The number of benzene rings is 2. The Bertz CT molecular complexity index is 1800. The standard InChI is InChI=1S/C26H19N5O4S2/c1-35-25-21-10-18(13-28-25)22-11-20-23(29-14-30-26(20)36-22)16-5-2-4-15(8-16)12-27-24(32)17-6-3-7-19(9-17)37(33,34)31-21/h2-11,13-14,31H,12H2,1H3,(H,27,32). The molecule has 8 bridgehead atoms. The number of carbonyl (C=O) groups is 1. The monoisotopic (exact) mass is 529 g/mol. The summed E-state index contributed by atoms with van der Waals surface area (Å²) >= 11 is 1.45. The second-order valence-electron chi connectivity index (χ2n) is 8.35. The van der Waals surface area contributed by atoms with E-state index < -0.39 is 15.9 Å². The molecule has 0 fully saturated rings. The van der Waals surface area contributed by atoms with Gasteiger partial charge in [-0.1, -0.05) is 24.3 Å². The third-order valence-corrected chi connectivity index (χ3v) is 8.42. The second-order valence-corrected chi connectivity index (χ2v) is 11.1. The van der Waals surface area contributed by atoms with Gasteiger partial charge in [-0.3, -0.25) is 9.52 Å². The zero-order valence-electron chi connectivity index (χ0n) is 19.4. The lowest BCUT2D eigenvalue weighted by Gasteiger charge is -2.13. The van der Waals surface area contributed by atoms with Gasteiger partial charge in [0, 0.05) is 39.7 Å². The van der Waals surface area contributed by atoms with Crippen molar-refractivity contribution in [3.8, 4) is 27.6 Å². The average molecular weight is 530 g/mol. The SMILES string of the molecule is COc1ncc2cc1NS(=O)(=O)c1cccc(c1)C(=O)NCc1cccc(c1)-c1ncnc3sc-2cc13. The number of rotatable bonds is 1. The highest BCUT2D eigenvalue weighted by Gasteiger charge is 2.21. The average Bonchev–Trinajstić information content (AvgIpc) is 3.36. The lowest BCUT2D eigenvalue weighted by Crippen LogP contribution is -2.23. The Balaban J connectivity index is 1.58. The summed E-state index contributed by atoms with van der Waals surface area (Å²) in [7, 11) is -2.64. The summed E-state index contributed by atoms with van der Waals surface area (Å²) < 4.78 is 34.4. The van der Waals surface area contributed by atoms with E-state index in [1.54, 1.807) is 18.3 Å². The first-order valence-electron chi connectivity index (χ1n) is 11.2. The van der Waals surface area contributed by atoms with E-state index in [1.807, 2.05) is 30.3 Å². The molecule has 4 heterocycles. The molecule has 2 N–H and O–H groups in total. The van der Waals surface area contributed by atoms with Crippen LogP contribution in [-0.4, -0.2) is 36.4 Å². The number of hydrogen-bond acceptors (Lipinski definition) is 8. The van der Waals surface area contributed by atoms with E-state index in [4.69, 9.17) is 4.74 Å². The number of hydrogen-bond donors (Lipinski definition) is 2. The molecule has 1 amide bonds. The lowest BCUT2D eigenvalue weighted by atomic mass is 10.1. The number of methoxy groups -OCH3 is 1. The van der Waals surface area contributed by atoms with Crippen molar-refractivity contribution in [2.75, 3.05) is 11.8 Å². The maximum Gasteiger partial charge on any atom is 0.262 e. The van der Waals surface area contributed by atoms with Crippen molar-refractivity contribution in [2.24, 2.45) is 0 Å². The van der Waals surface area contributed by atoms with Crippen LogP contribution in [0.5, 0.6) is 5.88 Å². The van der Waals surface area contributed by atoms with Crippen molar-refractivity contribution >= 4 is 43.2 Å². The number of sulfonamides is 1. The maximum absolute atomic E-state index is 13.3. The molecule has 5 aromatic rings. The van der Waals surface area contributed by atoms with Crippen LogP contribution >= 0.6 is 11.3 Å². The number of nitrogens with one attached hydrogen (secondary N) is 2. The molecule has 0 spiro atoms. The number of carbonyl (C=O) groups excluding carboxylic acids is 1. The third kappa shape index (κ3) is 4.28. The topological polar surface area (TPSA) is 123 Å². The van der Waals surface area contributed by atoms with Gasteiger partial charge in [-0.15, -0.1) is 11.3 Å². The van der Waals surface area contributed by atoms with Gasteiger partial charge in [0.25, 0.3) is 15.9 Å². The zero-order valence-corrected chi connectivity index (χ0v) is 21.1. The van der Waals surface area contributed by atoms with Crippen molar-refractivity contribution in [2.45, 2.75) is 11.4 Å². The summed E-state index contributed by atoms with van der Waals surface area (Å²) in [5.41, 5.74) is 3.62. The maximum atomic E-state index is 13.3. The molecule has 0 aliphatic carbocycles. The molecule has 9 nitrogen and oxygen atoms in total. The first-order valence-corrected chi connectivity index (χ1v) is 13.5. The fraction of sp³-hybridized carbons (Fsp3) is 0.0769. The van der Waals surface area contributed by atoms with E-state index in [1.165, 1.54) is 43.0 Å². The van der Waals surface area contributed by atoms with Gasteiger partial charge >= 0.3 is 0 Å². The molecule has 37 heavy (non-hydrogen) atoms. The van der Waals surface area contributed by atoms with Crippen molar-refractivity contribution in [3.63, 3.8) is 0 Å². The van der Waals surface area contributed by atoms with Crippen LogP contribution in [0.2, 0.25) is 0 Å². The van der Waals surface area contributed by atoms with Crippen LogP contribution in [0, 0.1) is 0 Å². The normalized spacial score (nSPS) is 14.4. The zero-order chi connectivity index (χ0) is 25.6. The summed E-state index contributed by atoms with van der Waals surface area (Å²) in [6.45, 7) is 0.262. The van der Waals surface area contributed by atoms with Gasteiger partial charge in [-0.05, 0) is 42.0 Å². The molecule has 184 valence electrons. The molecule has 0 unspecified atom stereocenters. The minimum absolute atomic E-state index is 0.0579.